The van der Waals surface area contributed by atoms with Gasteiger partial charge in [-0.1, -0.05) is 67.4 Å². The smallest absolute Gasteiger partial charge is 0.262 e. The van der Waals surface area contributed by atoms with Crippen molar-refractivity contribution in [2.45, 2.75) is 52.2 Å². The molecule has 2 N–H and O–H groups in total. The summed E-state index contributed by atoms with van der Waals surface area (Å²) in [6.45, 7) is 7.69. The maximum atomic E-state index is 13.2. The molecule has 3 aromatic carbocycles. The van der Waals surface area contributed by atoms with Crippen LogP contribution in [0.25, 0.3) is 0 Å². The van der Waals surface area contributed by atoms with Gasteiger partial charge in [0.05, 0.1) is 18.3 Å². The Bertz CT molecular complexity index is 1330. The number of nitrogens with zero attached hydrogens (tertiary/aromatic N) is 1. The van der Waals surface area contributed by atoms with Gasteiger partial charge in [-0.15, -0.1) is 0 Å². The highest BCUT2D eigenvalue weighted by atomic mass is 35.5. The van der Waals surface area contributed by atoms with E-state index < -0.39 is 24.0 Å². The Morgan fingerprint density at radius 2 is 1.69 bits per heavy atom. The fourth-order valence-corrected chi connectivity index (χ4v) is 4.34. The third-order valence-electron chi connectivity index (χ3n) is 6.10. The highest BCUT2D eigenvalue weighted by molar-refractivity contribution is 6.35. The van der Waals surface area contributed by atoms with Crippen molar-refractivity contribution in [2.75, 3.05) is 7.11 Å². The van der Waals surface area contributed by atoms with E-state index in [9.17, 15) is 9.59 Å². The summed E-state index contributed by atoms with van der Waals surface area (Å²) in [4.78, 5) is 26.2. The first-order chi connectivity index (χ1) is 18.6. The van der Waals surface area contributed by atoms with Gasteiger partial charge in [-0.3, -0.25) is 9.59 Å². The Labute approximate surface area is 239 Å². The van der Waals surface area contributed by atoms with Gasteiger partial charge in [0.1, 0.15) is 17.5 Å². The molecule has 3 aromatic rings. The topological polar surface area (TPSA) is 89.0 Å². The van der Waals surface area contributed by atoms with Crippen LogP contribution in [0.15, 0.2) is 65.8 Å². The Balaban J connectivity index is 1.74. The lowest BCUT2D eigenvalue weighted by Crippen LogP contribution is -2.50. The van der Waals surface area contributed by atoms with Crippen LogP contribution in [-0.2, 0) is 16.0 Å². The highest BCUT2D eigenvalue weighted by Crippen LogP contribution is 2.29. The van der Waals surface area contributed by atoms with Crippen molar-refractivity contribution in [2.24, 2.45) is 5.10 Å². The predicted molar refractivity (Wildman–Crippen MR) is 156 cm³/mol. The van der Waals surface area contributed by atoms with E-state index >= 15 is 0 Å². The standard InChI is InChI=1S/C30H33Cl2N3O4/c1-18(2)24-15-22(19(3)13-28(24)38-5)17-33-35-30(37)26(14-21-9-7-6-8-10-21)34-29(36)20(4)39-27-12-11-23(31)16-25(27)32/h6-13,15-18,20,26H,14H2,1-5H3,(H,34,36)(H,35,37)/b33-17-/t20-,26+/m1/s1. The highest BCUT2D eigenvalue weighted by Gasteiger charge is 2.25. The molecule has 2 amide bonds. The third kappa shape index (κ3) is 8.47. The lowest BCUT2D eigenvalue weighted by atomic mass is 9.97. The van der Waals surface area contributed by atoms with E-state index in [2.05, 4.69) is 29.7 Å². The number of halogens is 2. The van der Waals surface area contributed by atoms with Gasteiger partial charge in [-0.05, 0) is 72.4 Å². The van der Waals surface area contributed by atoms with E-state index in [4.69, 9.17) is 32.7 Å². The van der Waals surface area contributed by atoms with Crippen LogP contribution in [0.2, 0.25) is 10.0 Å². The van der Waals surface area contributed by atoms with E-state index in [1.54, 1.807) is 32.4 Å². The quantitative estimate of drug-likeness (QED) is 0.216. The molecule has 0 aliphatic carbocycles. The Hall–Kier alpha value is -3.55. The summed E-state index contributed by atoms with van der Waals surface area (Å²) in [5, 5.41) is 7.70. The van der Waals surface area contributed by atoms with E-state index in [1.807, 2.05) is 49.4 Å². The summed E-state index contributed by atoms with van der Waals surface area (Å²) in [5.74, 6) is 0.433. The number of carbonyl (C=O) groups excluding carboxylic acids is 2. The number of hydrogen-bond donors (Lipinski definition) is 2. The summed E-state index contributed by atoms with van der Waals surface area (Å²) in [6, 6.07) is 17.2. The van der Waals surface area contributed by atoms with Gasteiger partial charge in [0, 0.05) is 11.4 Å². The minimum absolute atomic E-state index is 0.250. The number of amides is 2. The zero-order valence-corrected chi connectivity index (χ0v) is 24.1. The zero-order chi connectivity index (χ0) is 28.5. The Kier molecular flexibility index (Phi) is 10.8. The number of hydrogen-bond acceptors (Lipinski definition) is 5. The van der Waals surface area contributed by atoms with Gasteiger partial charge in [0.2, 0.25) is 0 Å². The number of nitrogens with one attached hydrogen (secondary N) is 2. The number of methoxy groups -OCH3 is 1. The molecule has 0 bridgehead atoms. The fourth-order valence-electron chi connectivity index (χ4n) is 3.89. The molecule has 0 aliphatic rings. The maximum absolute atomic E-state index is 13.2. The number of aryl methyl sites for hydroxylation is 1. The van der Waals surface area contributed by atoms with Crippen molar-refractivity contribution in [1.82, 2.24) is 10.7 Å². The van der Waals surface area contributed by atoms with Crippen LogP contribution in [0.1, 0.15) is 48.9 Å². The van der Waals surface area contributed by atoms with Gasteiger partial charge in [-0.25, -0.2) is 5.43 Å². The van der Waals surface area contributed by atoms with Gasteiger partial charge in [0.15, 0.2) is 6.10 Å². The molecular weight excluding hydrogens is 537 g/mol. The van der Waals surface area contributed by atoms with Crippen LogP contribution in [-0.4, -0.2) is 37.3 Å². The second-order valence-electron chi connectivity index (χ2n) is 9.43. The molecule has 0 saturated carbocycles. The van der Waals surface area contributed by atoms with Crippen molar-refractivity contribution in [3.8, 4) is 11.5 Å². The van der Waals surface area contributed by atoms with Crippen LogP contribution in [0.3, 0.4) is 0 Å². The molecule has 0 aromatic heterocycles. The lowest BCUT2D eigenvalue weighted by molar-refractivity contribution is -0.132. The molecule has 0 unspecified atom stereocenters. The summed E-state index contributed by atoms with van der Waals surface area (Å²) in [5.41, 5.74) is 6.30. The minimum atomic E-state index is -0.922. The molecule has 2 atom stereocenters. The third-order valence-corrected chi connectivity index (χ3v) is 6.63. The van der Waals surface area contributed by atoms with Crippen molar-refractivity contribution in [3.05, 3.63) is 93.0 Å². The van der Waals surface area contributed by atoms with E-state index in [0.29, 0.717) is 10.8 Å². The number of ether oxygens (including phenoxy) is 2. The normalized spacial score (nSPS) is 12.7. The molecule has 39 heavy (non-hydrogen) atoms. The number of benzene rings is 3. The summed E-state index contributed by atoms with van der Waals surface area (Å²) < 4.78 is 11.2. The van der Waals surface area contributed by atoms with Crippen molar-refractivity contribution in [3.63, 3.8) is 0 Å². The number of carbonyl (C=O) groups is 2. The molecule has 0 radical (unpaired) electrons. The molecule has 0 saturated heterocycles. The minimum Gasteiger partial charge on any atom is -0.496 e. The molecular formula is C30H33Cl2N3O4. The van der Waals surface area contributed by atoms with Crippen molar-refractivity contribution < 1.29 is 19.1 Å². The van der Waals surface area contributed by atoms with Crippen LogP contribution >= 0.6 is 23.2 Å². The molecule has 7 nitrogen and oxygen atoms in total. The van der Waals surface area contributed by atoms with Crippen molar-refractivity contribution >= 4 is 41.2 Å². The van der Waals surface area contributed by atoms with Crippen LogP contribution < -0.4 is 20.2 Å². The van der Waals surface area contributed by atoms with E-state index in [-0.39, 0.29) is 17.4 Å². The van der Waals surface area contributed by atoms with Gasteiger partial charge >= 0.3 is 0 Å². The summed E-state index contributed by atoms with van der Waals surface area (Å²) >= 11 is 12.1. The second kappa shape index (κ2) is 14.0. The Morgan fingerprint density at radius 1 is 0.974 bits per heavy atom. The number of hydrazone groups is 1. The predicted octanol–water partition coefficient (Wildman–Crippen LogP) is 6.08. The first-order valence-corrected chi connectivity index (χ1v) is 13.3. The summed E-state index contributed by atoms with van der Waals surface area (Å²) in [7, 11) is 1.64. The zero-order valence-electron chi connectivity index (χ0n) is 22.6. The first-order valence-electron chi connectivity index (χ1n) is 12.6. The molecule has 206 valence electrons. The van der Waals surface area contributed by atoms with Gasteiger partial charge < -0.3 is 14.8 Å². The first kappa shape index (κ1) is 30.0. The molecule has 3 rings (SSSR count). The number of rotatable bonds is 11. The van der Waals surface area contributed by atoms with Gasteiger partial charge in [-0.2, -0.15) is 5.10 Å². The van der Waals surface area contributed by atoms with Crippen molar-refractivity contribution in [1.29, 1.82) is 0 Å². The average Bonchev–Trinajstić information content (AvgIpc) is 2.90. The molecule has 9 heteroatoms. The summed E-state index contributed by atoms with van der Waals surface area (Å²) in [6.07, 6.45) is 0.935. The van der Waals surface area contributed by atoms with Gasteiger partial charge in [0.25, 0.3) is 11.8 Å². The largest absolute Gasteiger partial charge is 0.496 e. The Morgan fingerprint density at radius 3 is 2.33 bits per heavy atom. The lowest BCUT2D eigenvalue weighted by Gasteiger charge is -2.21. The molecule has 0 heterocycles. The molecule has 0 spiro atoms. The second-order valence-corrected chi connectivity index (χ2v) is 10.3. The average molecular weight is 571 g/mol. The maximum Gasteiger partial charge on any atom is 0.262 e. The van der Waals surface area contributed by atoms with Crippen LogP contribution in [0.4, 0.5) is 0 Å². The van der Waals surface area contributed by atoms with E-state index in [1.165, 1.54) is 6.07 Å². The SMILES string of the molecule is COc1cc(C)c(/C=N\NC(=O)[C@H](Cc2ccccc2)NC(=O)[C@@H](C)Oc2ccc(Cl)cc2Cl)cc1C(C)C. The monoisotopic (exact) mass is 569 g/mol. The van der Waals surface area contributed by atoms with Crippen LogP contribution in [0, 0.1) is 6.92 Å². The van der Waals surface area contributed by atoms with Crippen LogP contribution in [0.5, 0.6) is 11.5 Å². The van der Waals surface area contributed by atoms with E-state index in [0.717, 1.165) is 28.0 Å². The molecule has 0 fully saturated rings. The molecule has 0 aliphatic heterocycles. The fraction of sp³-hybridized carbons (Fsp3) is 0.300.